The first-order valence-corrected chi connectivity index (χ1v) is 9.58. The normalized spacial score (nSPS) is 17.9. The van der Waals surface area contributed by atoms with Crippen LogP contribution in [0.25, 0.3) is 11.8 Å². The number of carboxylic acids is 1. The Morgan fingerprint density at radius 3 is 2.62 bits per heavy atom. The largest absolute Gasteiger partial charge is 0.481 e. The zero-order chi connectivity index (χ0) is 20.6. The van der Waals surface area contributed by atoms with E-state index in [9.17, 15) is 18.7 Å². The lowest BCUT2D eigenvalue weighted by atomic mass is 9.98. The maximum Gasteiger partial charge on any atom is 0.307 e. The first kappa shape index (κ1) is 21.0. The molecule has 0 saturated carbocycles. The van der Waals surface area contributed by atoms with E-state index >= 15 is 0 Å². The highest BCUT2D eigenvalue weighted by Gasteiger charge is 2.24. The average Bonchev–Trinajstić information content (AvgIpc) is 2.72. The lowest BCUT2D eigenvalue weighted by Gasteiger charge is -2.30. The molecule has 1 fully saturated rings. The SMILES string of the molecule is O=C(O)C1CCCN(CCONC(=Cc2ccccc2F)c2ccccc2F)C1. The molecule has 2 N–H and O–H groups in total. The lowest BCUT2D eigenvalue weighted by molar-refractivity contribution is -0.143. The summed E-state index contributed by atoms with van der Waals surface area (Å²) in [6.45, 7) is 2.12. The summed E-state index contributed by atoms with van der Waals surface area (Å²) in [6.07, 6.45) is 3.01. The van der Waals surface area contributed by atoms with E-state index in [2.05, 4.69) is 5.48 Å². The van der Waals surface area contributed by atoms with Crippen molar-refractivity contribution in [1.82, 2.24) is 10.4 Å². The van der Waals surface area contributed by atoms with Gasteiger partial charge in [-0.3, -0.25) is 15.1 Å². The van der Waals surface area contributed by atoms with E-state index in [4.69, 9.17) is 4.84 Å². The quantitative estimate of drug-likeness (QED) is 0.400. The van der Waals surface area contributed by atoms with Gasteiger partial charge >= 0.3 is 5.97 Å². The number of halogens is 2. The van der Waals surface area contributed by atoms with Crippen LogP contribution in [-0.4, -0.2) is 42.2 Å². The highest BCUT2D eigenvalue weighted by molar-refractivity contribution is 5.80. The molecule has 29 heavy (non-hydrogen) atoms. The molecule has 0 bridgehead atoms. The second-order valence-corrected chi connectivity index (χ2v) is 6.99. The lowest BCUT2D eigenvalue weighted by Crippen LogP contribution is -2.40. The van der Waals surface area contributed by atoms with E-state index in [1.165, 1.54) is 18.2 Å². The van der Waals surface area contributed by atoms with Crippen molar-refractivity contribution in [3.63, 3.8) is 0 Å². The van der Waals surface area contributed by atoms with Crippen molar-refractivity contribution in [2.45, 2.75) is 12.8 Å². The smallest absolute Gasteiger partial charge is 0.307 e. The van der Waals surface area contributed by atoms with E-state index in [1.54, 1.807) is 36.4 Å². The molecule has 3 rings (SSSR count). The van der Waals surface area contributed by atoms with Crippen LogP contribution in [-0.2, 0) is 9.63 Å². The van der Waals surface area contributed by atoms with Gasteiger partial charge in [0, 0.05) is 24.2 Å². The van der Waals surface area contributed by atoms with Crippen molar-refractivity contribution in [3.05, 3.63) is 71.3 Å². The van der Waals surface area contributed by atoms with Gasteiger partial charge in [0.1, 0.15) is 11.6 Å². The molecule has 0 amide bonds. The van der Waals surface area contributed by atoms with Gasteiger partial charge in [0.15, 0.2) is 0 Å². The second kappa shape index (κ2) is 10.1. The number of hydrogen-bond acceptors (Lipinski definition) is 4. The molecule has 0 aromatic heterocycles. The van der Waals surface area contributed by atoms with E-state index in [0.717, 1.165) is 13.0 Å². The predicted octanol–water partition coefficient (Wildman–Crippen LogP) is 3.78. The van der Waals surface area contributed by atoms with Crippen LogP contribution < -0.4 is 5.48 Å². The van der Waals surface area contributed by atoms with Gasteiger partial charge in [-0.05, 0) is 43.7 Å². The third-order valence-corrected chi connectivity index (χ3v) is 4.92. The number of hydroxylamine groups is 1. The highest BCUT2D eigenvalue weighted by Crippen LogP contribution is 2.21. The molecular formula is C22H24F2N2O3. The standard InChI is InChI=1S/C22H24F2N2O3/c23-19-9-3-1-6-16(19)14-21(18-8-2-4-10-20(18)24)25-29-13-12-26-11-5-7-17(15-26)22(27)28/h1-4,6,8-10,14,17,25H,5,7,11-13,15H2,(H,27,28). The number of likely N-dealkylation sites (tertiary alicyclic amines) is 1. The predicted molar refractivity (Wildman–Crippen MR) is 107 cm³/mol. The van der Waals surface area contributed by atoms with Gasteiger partial charge in [0.2, 0.25) is 0 Å². The molecular weight excluding hydrogens is 378 g/mol. The summed E-state index contributed by atoms with van der Waals surface area (Å²) < 4.78 is 28.3. The van der Waals surface area contributed by atoms with Crippen LogP contribution in [0.2, 0.25) is 0 Å². The molecule has 2 aromatic carbocycles. The van der Waals surface area contributed by atoms with Gasteiger partial charge in [0.25, 0.3) is 0 Å². The highest BCUT2D eigenvalue weighted by atomic mass is 19.1. The number of nitrogens with zero attached hydrogens (tertiary/aromatic N) is 1. The maximum atomic E-state index is 14.3. The van der Waals surface area contributed by atoms with E-state index in [1.807, 2.05) is 4.90 Å². The Bertz CT molecular complexity index is 873. The summed E-state index contributed by atoms with van der Waals surface area (Å²) in [5.41, 5.74) is 3.61. The number of aliphatic carboxylic acids is 1. The second-order valence-electron chi connectivity index (χ2n) is 6.99. The fourth-order valence-electron chi connectivity index (χ4n) is 3.35. The van der Waals surface area contributed by atoms with Gasteiger partial charge < -0.3 is 10.0 Å². The molecule has 1 aliphatic heterocycles. The van der Waals surface area contributed by atoms with E-state index in [0.29, 0.717) is 30.8 Å². The number of nitrogens with one attached hydrogen (secondary N) is 1. The number of carbonyl (C=O) groups is 1. The third-order valence-electron chi connectivity index (χ3n) is 4.92. The number of piperidine rings is 1. The number of rotatable bonds is 8. The Hall–Kier alpha value is -2.77. The Kier molecular flexibility index (Phi) is 7.32. The molecule has 1 aliphatic rings. The Balaban J connectivity index is 1.65. The van der Waals surface area contributed by atoms with Crippen molar-refractivity contribution in [2.75, 3.05) is 26.2 Å². The molecule has 1 saturated heterocycles. The van der Waals surface area contributed by atoms with Gasteiger partial charge in [-0.25, -0.2) is 8.78 Å². The van der Waals surface area contributed by atoms with Crippen LogP contribution >= 0.6 is 0 Å². The number of hydrogen-bond donors (Lipinski definition) is 2. The summed E-state index contributed by atoms with van der Waals surface area (Å²) >= 11 is 0. The minimum absolute atomic E-state index is 0.264. The Morgan fingerprint density at radius 1 is 1.17 bits per heavy atom. The molecule has 154 valence electrons. The van der Waals surface area contributed by atoms with Crippen LogP contribution in [0.15, 0.2) is 48.5 Å². The zero-order valence-corrected chi connectivity index (χ0v) is 16.0. The van der Waals surface area contributed by atoms with Gasteiger partial charge in [-0.1, -0.05) is 30.3 Å². The third kappa shape index (κ3) is 5.85. The Labute approximate surface area is 168 Å². The summed E-state index contributed by atoms with van der Waals surface area (Å²) in [4.78, 5) is 18.7. The molecule has 1 unspecified atom stereocenters. The molecule has 1 heterocycles. The van der Waals surface area contributed by atoms with Crippen molar-refractivity contribution in [1.29, 1.82) is 0 Å². The van der Waals surface area contributed by atoms with Crippen LogP contribution in [0.4, 0.5) is 8.78 Å². The molecule has 0 aliphatic carbocycles. The molecule has 1 atom stereocenters. The fraction of sp³-hybridized carbons (Fsp3) is 0.318. The Morgan fingerprint density at radius 2 is 1.90 bits per heavy atom. The minimum Gasteiger partial charge on any atom is -0.481 e. The van der Waals surface area contributed by atoms with Crippen molar-refractivity contribution >= 4 is 17.7 Å². The zero-order valence-electron chi connectivity index (χ0n) is 16.0. The summed E-state index contributed by atoms with van der Waals surface area (Å²) in [6, 6.07) is 12.4. The minimum atomic E-state index is -0.775. The van der Waals surface area contributed by atoms with Crippen LogP contribution in [0.1, 0.15) is 24.0 Å². The first-order chi connectivity index (χ1) is 14.0. The molecule has 7 heteroatoms. The molecule has 2 aromatic rings. The van der Waals surface area contributed by atoms with Crippen LogP contribution in [0.5, 0.6) is 0 Å². The van der Waals surface area contributed by atoms with Crippen molar-refractivity contribution in [3.8, 4) is 0 Å². The molecule has 5 nitrogen and oxygen atoms in total. The number of benzene rings is 2. The van der Waals surface area contributed by atoms with E-state index < -0.39 is 17.6 Å². The summed E-state index contributed by atoms with van der Waals surface area (Å²) in [7, 11) is 0. The van der Waals surface area contributed by atoms with Gasteiger partial charge in [0.05, 0.1) is 18.2 Å². The van der Waals surface area contributed by atoms with Crippen molar-refractivity contribution in [2.24, 2.45) is 5.92 Å². The summed E-state index contributed by atoms with van der Waals surface area (Å²) in [5.74, 6) is -2.00. The van der Waals surface area contributed by atoms with Crippen molar-refractivity contribution < 1.29 is 23.5 Å². The maximum absolute atomic E-state index is 14.3. The molecule has 0 radical (unpaired) electrons. The van der Waals surface area contributed by atoms with Gasteiger partial charge in [-0.2, -0.15) is 0 Å². The monoisotopic (exact) mass is 402 g/mol. The summed E-state index contributed by atoms with van der Waals surface area (Å²) in [5, 5.41) is 9.17. The molecule has 0 spiro atoms. The van der Waals surface area contributed by atoms with Gasteiger partial charge in [-0.15, -0.1) is 0 Å². The van der Waals surface area contributed by atoms with Crippen LogP contribution in [0.3, 0.4) is 0 Å². The average molecular weight is 402 g/mol. The van der Waals surface area contributed by atoms with E-state index in [-0.39, 0.29) is 18.1 Å². The first-order valence-electron chi connectivity index (χ1n) is 9.58. The van der Waals surface area contributed by atoms with Crippen LogP contribution in [0, 0.1) is 17.6 Å². The fourth-order valence-corrected chi connectivity index (χ4v) is 3.35. The number of carboxylic acid groups (broad SMARTS) is 1. The topological polar surface area (TPSA) is 61.8 Å².